The van der Waals surface area contributed by atoms with Gasteiger partial charge in [0.05, 0.1) is 23.8 Å². The third-order valence-electron chi connectivity index (χ3n) is 3.24. The predicted molar refractivity (Wildman–Crippen MR) is 74.7 cm³/mol. The molecule has 1 aliphatic heterocycles. The van der Waals surface area contributed by atoms with Gasteiger partial charge in [0.25, 0.3) is 0 Å². The average molecular weight is 270 g/mol. The Hall–Kier alpha value is -0.930. The average Bonchev–Trinajstić information content (AvgIpc) is 2.68. The molecule has 2 rings (SSSR count). The van der Waals surface area contributed by atoms with Crippen LogP contribution < -0.4 is 10.1 Å². The molecular weight excluding hydrogens is 250 g/mol. The summed E-state index contributed by atoms with van der Waals surface area (Å²) in [6.07, 6.45) is 2.50. The van der Waals surface area contributed by atoms with E-state index in [0.29, 0.717) is 10.8 Å². The molecule has 0 amide bonds. The first kappa shape index (κ1) is 13.5. The van der Waals surface area contributed by atoms with Crippen LogP contribution in [-0.4, -0.2) is 25.4 Å². The van der Waals surface area contributed by atoms with Gasteiger partial charge in [-0.3, -0.25) is 0 Å². The first-order valence-electron chi connectivity index (χ1n) is 6.25. The Kier molecular flexibility index (Phi) is 4.03. The van der Waals surface area contributed by atoms with Gasteiger partial charge in [-0.1, -0.05) is 11.6 Å². The summed E-state index contributed by atoms with van der Waals surface area (Å²) in [7, 11) is 1.62. The molecule has 4 heteroatoms. The van der Waals surface area contributed by atoms with E-state index in [0.717, 1.165) is 25.1 Å². The van der Waals surface area contributed by atoms with Crippen LogP contribution in [0.2, 0.25) is 5.02 Å². The maximum Gasteiger partial charge on any atom is 0.139 e. The Labute approximate surface area is 113 Å². The first-order valence-corrected chi connectivity index (χ1v) is 6.63. The van der Waals surface area contributed by atoms with Gasteiger partial charge >= 0.3 is 0 Å². The van der Waals surface area contributed by atoms with E-state index in [1.807, 2.05) is 18.2 Å². The Morgan fingerprint density at radius 2 is 2.28 bits per heavy atom. The highest BCUT2D eigenvalue weighted by Gasteiger charge is 2.31. The van der Waals surface area contributed by atoms with Gasteiger partial charge in [-0.2, -0.15) is 0 Å². The molecule has 1 aliphatic rings. The fourth-order valence-corrected chi connectivity index (χ4v) is 2.42. The molecule has 0 spiro atoms. The molecule has 1 unspecified atom stereocenters. The molecule has 1 fully saturated rings. The van der Waals surface area contributed by atoms with E-state index >= 15 is 0 Å². The molecule has 1 N–H and O–H groups in total. The molecule has 0 aliphatic carbocycles. The quantitative estimate of drug-likeness (QED) is 0.904. The van der Waals surface area contributed by atoms with Crippen molar-refractivity contribution in [2.45, 2.75) is 38.4 Å². The Morgan fingerprint density at radius 1 is 1.50 bits per heavy atom. The number of anilines is 1. The summed E-state index contributed by atoms with van der Waals surface area (Å²) >= 11 is 5.98. The molecule has 1 heterocycles. The van der Waals surface area contributed by atoms with Crippen molar-refractivity contribution in [1.82, 2.24) is 0 Å². The number of hydrogen-bond acceptors (Lipinski definition) is 3. The number of nitrogens with one attached hydrogen (secondary N) is 1. The second kappa shape index (κ2) is 5.37. The van der Waals surface area contributed by atoms with E-state index in [1.54, 1.807) is 7.11 Å². The van der Waals surface area contributed by atoms with Crippen molar-refractivity contribution < 1.29 is 9.47 Å². The van der Waals surface area contributed by atoms with Gasteiger partial charge in [0.15, 0.2) is 0 Å². The van der Waals surface area contributed by atoms with Gasteiger partial charge < -0.3 is 14.8 Å². The minimum atomic E-state index is 0.0179. The van der Waals surface area contributed by atoms with E-state index in [1.165, 1.54) is 0 Å². The van der Waals surface area contributed by atoms with Gasteiger partial charge in [0.1, 0.15) is 5.75 Å². The van der Waals surface area contributed by atoms with Crippen molar-refractivity contribution >= 4 is 17.3 Å². The summed E-state index contributed by atoms with van der Waals surface area (Å²) in [5.74, 6) is 0.689. The fraction of sp³-hybridized carbons (Fsp3) is 0.571. The van der Waals surface area contributed by atoms with Gasteiger partial charge in [0.2, 0.25) is 0 Å². The van der Waals surface area contributed by atoms with Crippen molar-refractivity contribution in [2.75, 3.05) is 19.0 Å². The van der Waals surface area contributed by atoms with Gasteiger partial charge in [-0.25, -0.2) is 0 Å². The molecule has 1 saturated heterocycles. The van der Waals surface area contributed by atoms with Gasteiger partial charge in [-0.05, 0) is 38.8 Å². The van der Waals surface area contributed by atoms with Gasteiger partial charge in [-0.15, -0.1) is 0 Å². The molecule has 3 nitrogen and oxygen atoms in total. The summed E-state index contributed by atoms with van der Waals surface area (Å²) in [6.45, 7) is 5.09. The lowest BCUT2D eigenvalue weighted by molar-refractivity contribution is -0.00911. The minimum Gasteiger partial charge on any atom is -0.495 e. The highest BCUT2D eigenvalue weighted by molar-refractivity contribution is 6.32. The van der Waals surface area contributed by atoms with Crippen molar-refractivity contribution in [3.8, 4) is 5.75 Å². The van der Waals surface area contributed by atoms with Crippen molar-refractivity contribution in [1.29, 1.82) is 0 Å². The zero-order valence-electron chi connectivity index (χ0n) is 11.1. The van der Waals surface area contributed by atoms with E-state index in [9.17, 15) is 0 Å². The van der Waals surface area contributed by atoms with Gasteiger partial charge in [0, 0.05) is 18.3 Å². The summed E-state index contributed by atoms with van der Waals surface area (Å²) in [6, 6.07) is 5.69. The van der Waals surface area contributed by atoms with E-state index in [2.05, 4.69) is 19.2 Å². The largest absolute Gasteiger partial charge is 0.495 e. The monoisotopic (exact) mass is 269 g/mol. The van der Waals surface area contributed by atoms with E-state index < -0.39 is 0 Å². The van der Waals surface area contributed by atoms with Crippen molar-refractivity contribution in [2.24, 2.45) is 0 Å². The normalized spacial score (nSPS) is 21.9. The predicted octanol–water partition coefficient (Wildman–Crippen LogP) is 3.72. The first-order chi connectivity index (χ1) is 8.50. The van der Waals surface area contributed by atoms with Crippen molar-refractivity contribution in [3.05, 3.63) is 23.2 Å². The van der Waals surface area contributed by atoms with Crippen LogP contribution in [0.15, 0.2) is 18.2 Å². The van der Waals surface area contributed by atoms with Crippen molar-refractivity contribution in [3.63, 3.8) is 0 Å². The van der Waals surface area contributed by atoms with E-state index in [4.69, 9.17) is 21.1 Å². The highest BCUT2D eigenvalue weighted by atomic mass is 35.5. The summed E-state index contributed by atoms with van der Waals surface area (Å²) in [4.78, 5) is 0. The molecule has 0 bridgehead atoms. The summed E-state index contributed by atoms with van der Waals surface area (Å²) in [5, 5.41) is 3.99. The second-order valence-electron chi connectivity index (χ2n) is 5.27. The van der Waals surface area contributed by atoms with Crippen LogP contribution in [0.4, 0.5) is 5.69 Å². The zero-order valence-corrected chi connectivity index (χ0v) is 11.9. The molecule has 0 radical (unpaired) electrons. The molecule has 18 heavy (non-hydrogen) atoms. The van der Waals surface area contributed by atoms with Crippen LogP contribution in [0.5, 0.6) is 5.75 Å². The lowest BCUT2D eigenvalue weighted by Gasteiger charge is -2.20. The Balaban J connectivity index is 1.91. The van der Waals surface area contributed by atoms with Crippen LogP contribution in [0.3, 0.4) is 0 Å². The smallest absolute Gasteiger partial charge is 0.139 e. The molecule has 0 saturated carbocycles. The second-order valence-corrected chi connectivity index (χ2v) is 5.68. The standard InChI is InChI=1S/C14H20ClNO2/c1-14(2)7-6-11(18-14)9-16-10-4-5-12(15)13(8-10)17-3/h4-5,8,11,16H,6-7,9H2,1-3H3. The number of benzene rings is 1. The minimum absolute atomic E-state index is 0.0179. The lowest BCUT2D eigenvalue weighted by atomic mass is 10.1. The Bertz CT molecular complexity index is 420. The lowest BCUT2D eigenvalue weighted by Crippen LogP contribution is -2.24. The molecule has 100 valence electrons. The van der Waals surface area contributed by atoms with Crippen LogP contribution in [0.1, 0.15) is 26.7 Å². The Morgan fingerprint density at radius 3 is 2.89 bits per heavy atom. The maximum absolute atomic E-state index is 5.98. The van der Waals surface area contributed by atoms with Crippen LogP contribution >= 0.6 is 11.6 Å². The van der Waals surface area contributed by atoms with Crippen LogP contribution in [-0.2, 0) is 4.74 Å². The van der Waals surface area contributed by atoms with Crippen LogP contribution in [0, 0.1) is 0 Å². The molecule has 0 aromatic heterocycles. The zero-order chi connectivity index (χ0) is 13.2. The molecule has 1 aromatic carbocycles. The van der Waals surface area contributed by atoms with E-state index in [-0.39, 0.29) is 11.7 Å². The number of ether oxygens (including phenoxy) is 2. The molecular formula is C14H20ClNO2. The third-order valence-corrected chi connectivity index (χ3v) is 3.55. The summed E-state index contributed by atoms with van der Waals surface area (Å²) < 4.78 is 11.1. The molecule has 1 aromatic rings. The highest BCUT2D eigenvalue weighted by Crippen LogP contribution is 2.30. The molecule has 1 atom stereocenters. The number of hydrogen-bond donors (Lipinski definition) is 1. The SMILES string of the molecule is COc1cc(NCC2CCC(C)(C)O2)ccc1Cl. The van der Waals surface area contributed by atoms with Crippen LogP contribution in [0.25, 0.3) is 0 Å². The maximum atomic E-state index is 5.98. The third kappa shape index (κ3) is 3.30. The number of rotatable bonds is 4. The topological polar surface area (TPSA) is 30.5 Å². The fourth-order valence-electron chi connectivity index (χ4n) is 2.22. The number of methoxy groups -OCH3 is 1. The number of halogens is 1. The summed E-state index contributed by atoms with van der Waals surface area (Å²) in [5.41, 5.74) is 1.02.